The molecule has 0 aromatic rings. The quantitative estimate of drug-likeness (QED) is 0.627. The average molecular weight is 184 g/mol. The molecule has 0 saturated heterocycles. The lowest BCUT2D eigenvalue weighted by Crippen LogP contribution is -1.99. The summed E-state index contributed by atoms with van der Waals surface area (Å²) in [6, 6.07) is 0. The molecule has 1 atom stereocenters. The van der Waals surface area contributed by atoms with Crippen molar-refractivity contribution >= 4 is 0 Å². The monoisotopic (exact) mass is 184 g/mol. The molecule has 0 aliphatic rings. The summed E-state index contributed by atoms with van der Waals surface area (Å²) in [6.07, 6.45) is 5.78. The van der Waals surface area contributed by atoms with Crippen LogP contribution < -0.4 is 0 Å². The second-order valence-electron chi connectivity index (χ2n) is 4.36. The molecule has 0 spiro atoms. The summed E-state index contributed by atoms with van der Waals surface area (Å²) in [7, 11) is 0. The van der Waals surface area contributed by atoms with Crippen molar-refractivity contribution in [1.82, 2.24) is 0 Å². The van der Waals surface area contributed by atoms with Gasteiger partial charge in [-0.1, -0.05) is 45.3 Å². The van der Waals surface area contributed by atoms with E-state index in [0.717, 1.165) is 5.92 Å². The lowest BCUT2D eigenvalue weighted by molar-refractivity contribution is 0.340. The highest BCUT2D eigenvalue weighted by atomic mass is 16.2. The number of allylic oxidation sites excluding steroid dienone is 1. The van der Waals surface area contributed by atoms with E-state index in [1.54, 1.807) is 0 Å². The van der Waals surface area contributed by atoms with Crippen molar-refractivity contribution in [3.63, 3.8) is 0 Å². The molecule has 0 rings (SSSR count). The predicted molar refractivity (Wildman–Crippen MR) is 58.7 cm³/mol. The van der Waals surface area contributed by atoms with Gasteiger partial charge >= 0.3 is 0 Å². The summed E-state index contributed by atoms with van der Waals surface area (Å²) in [5.41, 5.74) is 1.33. The van der Waals surface area contributed by atoms with Gasteiger partial charge in [-0.3, -0.25) is 0 Å². The predicted octanol–water partition coefficient (Wildman–Crippen LogP) is 3.39. The van der Waals surface area contributed by atoms with E-state index in [2.05, 4.69) is 27.7 Å². The molecule has 0 bridgehead atoms. The fourth-order valence-electron chi connectivity index (χ4n) is 1.41. The highest BCUT2D eigenvalue weighted by Gasteiger charge is 2.04. The Bertz CT molecular complexity index is 147. The van der Waals surface area contributed by atoms with Crippen LogP contribution in [0.1, 0.15) is 47.0 Å². The van der Waals surface area contributed by atoms with E-state index in [1.807, 2.05) is 6.08 Å². The molecule has 0 aromatic carbocycles. The maximum Gasteiger partial charge on any atom is 0.0615 e. The van der Waals surface area contributed by atoms with E-state index in [-0.39, 0.29) is 6.61 Å². The first kappa shape index (κ1) is 12.7. The Morgan fingerprint density at radius 1 is 1.23 bits per heavy atom. The van der Waals surface area contributed by atoms with Crippen molar-refractivity contribution in [3.8, 4) is 0 Å². The molecule has 0 aliphatic carbocycles. The third-order valence-corrected chi connectivity index (χ3v) is 2.61. The Hall–Kier alpha value is -0.300. The SMILES string of the molecule is CC(=CCO)C(C)CCCC(C)C. The van der Waals surface area contributed by atoms with Crippen molar-refractivity contribution in [2.45, 2.75) is 47.0 Å². The van der Waals surface area contributed by atoms with E-state index in [9.17, 15) is 0 Å². The van der Waals surface area contributed by atoms with Crippen LogP contribution in [0, 0.1) is 11.8 Å². The van der Waals surface area contributed by atoms with Crippen LogP contribution in [0.3, 0.4) is 0 Å². The smallest absolute Gasteiger partial charge is 0.0615 e. The Morgan fingerprint density at radius 3 is 2.31 bits per heavy atom. The minimum absolute atomic E-state index is 0.181. The van der Waals surface area contributed by atoms with E-state index >= 15 is 0 Å². The molecule has 13 heavy (non-hydrogen) atoms. The van der Waals surface area contributed by atoms with Crippen LogP contribution in [0.5, 0.6) is 0 Å². The van der Waals surface area contributed by atoms with Crippen molar-refractivity contribution in [3.05, 3.63) is 11.6 Å². The fraction of sp³-hybridized carbons (Fsp3) is 0.833. The lowest BCUT2D eigenvalue weighted by atomic mass is 9.94. The number of rotatable bonds is 6. The second-order valence-corrected chi connectivity index (χ2v) is 4.36. The van der Waals surface area contributed by atoms with Crippen LogP contribution in [-0.4, -0.2) is 11.7 Å². The lowest BCUT2D eigenvalue weighted by Gasteiger charge is -2.12. The summed E-state index contributed by atoms with van der Waals surface area (Å²) < 4.78 is 0. The maximum absolute atomic E-state index is 8.72. The third kappa shape index (κ3) is 6.83. The summed E-state index contributed by atoms with van der Waals surface area (Å²) in [6.45, 7) is 9.06. The van der Waals surface area contributed by atoms with Gasteiger partial charge in [-0.2, -0.15) is 0 Å². The Labute approximate surface area is 82.9 Å². The number of hydrogen-bond donors (Lipinski definition) is 1. The van der Waals surface area contributed by atoms with Gasteiger partial charge in [0.15, 0.2) is 0 Å². The van der Waals surface area contributed by atoms with E-state index in [1.165, 1.54) is 24.8 Å². The van der Waals surface area contributed by atoms with Crippen molar-refractivity contribution in [2.75, 3.05) is 6.61 Å². The Morgan fingerprint density at radius 2 is 1.85 bits per heavy atom. The molecule has 1 N–H and O–H groups in total. The van der Waals surface area contributed by atoms with Crippen LogP contribution in [0.15, 0.2) is 11.6 Å². The molecular weight excluding hydrogens is 160 g/mol. The van der Waals surface area contributed by atoms with E-state index in [4.69, 9.17) is 5.11 Å². The zero-order valence-electron chi connectivity index (χ0n) is 9.51. The molecule has 0 amide bonds. The first-order valence-corrected chi connectivity index (χ1v) is 5.35. The van der Waals surface area contributed by atoms with Gasteiger partial charge in [0, 0.05) is 0 Å². The molecule has 78 valence electrons. The zero-order valence-corrected chi connectivity index (χ0v) is 9.51. The Kier molecular flexibility index (Phi) is 6.97. The van der Waals surface area contributed by atoms with Crippen molar-refractivity contribution in [1.29, 1.82) is 0 Å². The molecule has 0 saturated carbocycles. The zero-order chi connectivity index (χ0) is 10.3. The molecule has 1 heteroatoms. The molecule has 0 aromatic heterocycles. The fourth-order valence-corrected chi connectivity index (χ4v) is 1.41. The minimum atomic E-state index is 0.181. The van der Waals surface area contributed by atoms with Gasteiger partial charge < -0.3 is 5.11 Å². The summed E-state index contributed by atoms with van der Waals surface area (Å²) in [5.74, 6) is 1.44. The van der Waals surface area contributed by atoms with E-state index in [0.29, 0.717) is 5.92 Å². The summed E-state index contributed by atoms with van der Waals surface area (Å²) in [4.78, 5) is 0. The highest BCUT2D eigenvalue weighted by Crippen LogP contribution is 2.18. The number of aliphatic hydroxyl groups excluding tert-OH is 1. The largest absolute Gasteiger partial charge is 0.392 e. The number of hydrogen-bond acceptors (Lipinski definition) is 1. The normalized spacial score (nSPS) is 15.1. The molecule has 0 aliphatic heterocycles. The first-order valence-electron chi connectivity index (χ1n) is 5.35. The minimum Gasteiger partial charge on any atom is -0.392 e. The molecular formula is C12H24O. The highest BCUT2D eigenvalue weighted by molar-refractivity contribution is 5.01. The average Bonchev–Trinajstić information content (AvgIpc) is 2.04. The van der Waals surface area contributed by atoms with Gasteiger partial charge in [0.1, 0.15) is 0 Å². The van der Waals surface area contributed by atoms with Crippen LogP contribution >= 0.6 is 0 Å². The molecule has 1 nitrogen and oxygen atoms in total. The van der Waals surface area contributed by atoms with Crippen LogP contribution in [0.2, 0.25) is 0 Å². The molecule has 0 heterocycles. The third-order valence-electron chi connectivity index (χ3n) is 2.61. The van der Waals surface area contributed by atoms with Gasteiger partial charge in [-0.05, 0) is 25.2 Å². The van der Waals surface area contributed by atoms with Crippen molar-refractivity contribution < 1.29 is 5.11 Å². The van der Waals surface area contributed by atoms with Gasteiger partial charge in [0.2, 0.25) is 0 Å². The van der Waals surface area contributed by atoms with Gasteiger partial charge in [-0.25, -0.2) is 0 Å². The number of aliphatic hydroxyl groups is 1. The van der Waals surface area contributed by atoms with Gasteiger partial charge in [0.25, 0.3) is 0 Å². The summed E-state index contributed by atoms with van der Waals surface area (Å²) >= 11 is 0. The van der Waals surface area contributed by atoms with Crippen LogP contribution in [0.4, 0.5) is 0 Å². The maximum atomic E-state index is 8.72. The standard InChI is InChI=1S/C12H24O/c1-10(2)6-5-7-11(3)12(4)8-9-13/h8,10-11,13H,5-7,9H2,1-4H3. The summed E-state index contributed by atoms with van der Waals surface area (Å²) in [5, 5.41) is 8.72. The van der Waals surface area contributed by atoms with Crippen LogP contribution in [-0.2, 0) is 0 Å². The Balaban J connectivity index is 3.61. The topological polar surface area (TPSA) is 20.2 Å². The van der Waals surface area contributed by atoms with Crippen molar-refractivity contribution in [2.24, 2.45) is 11.8 Å². The second kappa shape index (κ2) is 7.14. The van der Waals surface area contributed by atoms with Crippen LogP contribution in [0.25, 0.3) is 0 Å². The molecule has 1 unspecified atom stereocenters. The van der Waals surface area contributed by atoms with E-state index < -0.39 is 0 Å². The molecule has 0 fully saturated rings. The first-order chi connectivity index (χ1) is 6.07. The van der Waals surface area contributed by atoms with Gasteiger partial charge in [-0.15, -0.1) is 0 Å². The van der Waals surface area contributed by atoms with Gasteiger partial charge in [0.05, 0.1) is 6.61 Å². The molecule has 0 radical (unpaired) electrons.